The van der Waals surface area contributed by atoms with Crippen molar-refractivity contribution < 1.29 is 0 Å². The van der Waals surface area contributed by atoms with Crippen molar-refractivity contribution in [3.05, 3.63) is 199 Å². The maximum atomic E-state index is 8.07. The van der Waals surface area contributed by atoms with Gasteiger partial charge in [-0.2, -0.15) is 0 Å². The summed E-state index contributed by atoms with van der Waals surface area (Å²) in [6, 6.07) is 61.4. The average molecular weight is 700 g/mol. The Balaban J connectivity index is 1.11. The Morgan fingerprint density at radius 1 is 0.291 bits per heavy atom. The molecule has 3 aromatic heterocycles. The summed E-state index contributed by atoms with van der Waals surface area (Å²) in [4.78, 5) is 7.74. The largest absolute Gasteiger partial charge is 0.310 e. The third-order valence-corrected chi connectivity index (χ3v) is 11.0. The second-order valence-electron chi connectivity index (χ2n) is 14.0. The molecule has 0 bridgehead atoms. The highest BCUT2D eigenvalue weighted by Crippen LogP contribution is 2.40. The van der Waals surface area contributed by atoms with E-state index < -0.39 is 0 Å². The van der Waals surface area contributed by atoms with E-state index in [4.69, 9.17) is 13.1 Å². The zero-order valence-corrected chi connectivity index (χ0v) is 29.5. The van der Waals surface area contributed by atoms with Gasteiger partial charge in [0.1, 0.15) is 0 Å². The van der Waals surface area contributed by atoms with Gasteiger partial charge in [0, 0.05) is 44.0 Å². The van der Waals surface area contributed by atoms with Gasteiger partial charge < -0.3 is 13.7 Å². The van der Waals surface area contributed by atoms with E-state index >= 15 is 0 Å². The first-order valence-corrected chi connectivity index (χ1v) is 18.2. The first-order chi connectivity index (χ1) is 27.2. The summed E-state index contributed by atoms with van der Waals surface area (Å²) in [6.07, 6.45) is 0. The molecule has 3 heterocycles. The Morgan fingerprint density at radius 3 is 1.31 bits per heavy atom. The molecule has 11 rings (SSSR count). The Bertz CT molecular complexity index is 3360. The van der Waals surface area contributed by atoms with E-state index in [0.29, 0.717) is 11.4 Å². The van der Waals surface area contributed by atoms with Gasteiger partial charge in [0.2, 0.25) is 0 Å². The molecule has 0 saturated carbocycles. The molecular formula is C50H29N5. The monoisotopic (exact) mass is 699 g/mol. The number of benzene rings is 8. The van der Waals surface area contributed by atoms with Crippen LogP contribution >= 0.6 is 0 Å². The van der Waals surface area contributed by atoms with Gasteiger partial charge in [0.15, 0.2) is 11.4 Å². The zero-order chi connectivity index (χ0) is 36.6. The minimum atomic E-state index is 0.584. The number of fused-ring (bicyclic) bond motifs is 9. The molecule has 0 fully saturated rings. The maximum absolute atomic E-state index is 8.07. The van der Waals surface area contributed by atoms with E-state index in [1.807, 2.05) is 24.3 Å². The second-order valence-corrected chi connectivity index (χ2v) is 14.0. The van der Waals surface area contributed by atoms with E-state index in [0.717, 1.165) is 72.1 Å². The van der Waals surface area contributed by atoms with Crippen molar-refractivity contribution >= 4 is 76.8 Å². The third-order valence-electron chi connectivity index (χ3n) is 11.0. The van der Waals surface area contributed by atoms with Crippen LogP contribution in [0.4, 0.5) is 11.4 Å². The number of rotatable bonds is 4. The van der Waals surface area contributed by atoms with Crippen LogP contribution in [0.25, 0.3) is 103 Å². The van der Waals surface area contributed by atoms with E-state index in [1.165, 1.54) is 21.5 Å². The molecule has 11 aromatic rings. The van der Waals surface area contributed by atoms with Gasteiger partial charge >= 0.3 is 0 Å². The molecule has 0 atom stereocenters. The van der Waals surface area contributed by atoms with Gasteiger partial charge in [-0.25, -0.2) is 9.69 Å². The molecule has 0 N–H and O–H groups in total. The SMILES string of the molecule is [C-]#[N+]c1cc(-c2cccc(-n3c4ccc([N+]#[C-])cc4c4cc(-n5c6ccccc6c6ccccc65)ccc43)c2)cc(-n2c3ccccc3c3ccccc32)c1. The molecule has 0 amide bonds. The number of hydrogen-bond acceptors (Lipinski definition) is 0. The summed E-state index contributed by atoms with van der Waals surface area (Å²) in [5.41, 5.74) is 12.8. The lowest BCUT2D eigenvalue weighted by Gasteiger charge is -2.14. The Morgan fingerprint density at radius 2 is 0.745 bits per heavy atom. The molecular weight excluding hydrogens is 671 g/mol. The fraction of sp³-hybridized carbons (Fsp3) is 0. The summed E-state index contributed by atoms with van der Waals surface area (Å²) in [6.45, 7) is 15.9. The smallest absolute Gasteiger partial charge is 0.189 e. The van der Waals surface area contributed by atoms with Crippen molar-refractivity contribution in [1.82, 2.24) is 13.7 Å². The van der Waals surface area contributed by atoms with Gasteiger partial charge in [-0.3, -0.25) is 0 Å². The summed E-state index contributed by atoms with van der Waals surface area (Å²) in [5.74, 6) is 0. The molecule has 254 valence electrons. The maximum Gasteiger partial charge on any atom is 0.189 e. The van der Waals surface area contributed by atoms with Crippen molar-refractivity contribution in [1.29, 1.82) is 0 Å². The summed E-state index contributed by atoms with van der Waals surface area (Å²) >= 11 is 0. The van der Waals surface area contributed by atoms with E-state index in [-0.39, 0.29) is 0 Å². The normalized spacial score (nSPS) is 11.6. The molecule has 0 saturated heterocycles. The van der Waals surface area contributed by atoms with Crippen LogP contribution in [0.5, 0.6) is 0 Å². The van der Waals surface area contributed by atoms with E-state index in [1.54, 1.807) is 0 Å². The lowest BCUT2D eigenvalue weighted by molar-refractivity contribution is 1.16. The van der Waals surface area contributed by atoms with Crippen LogP contribution in [0.1, 0.15) is 0 Å². The summed E-state index contributed by atoms with van der Waals surface area (Å²) in [5, 5.41) is 6.91. The van der Waals surface area contributed by atoms with Crippen LogP contribution in [0.15, 0.2) is 176 Å². The fourth-order valence-corrected chi connectivity index (χ4v) is 8.67. The van der Waals surface area contributed by atoms with Crippen LogP contribution in [0, 0.1) is 13.1 Å². The predicted octanol–water partition coefficient (Wildman–Crippen LogP) is 13.7. The van der Waals surface area contributed by atoms with Gasteiger partial charge in [-0.15, -0.1) is 0 Å². The number of hydrogen-bond donors (Lipinski definition) is 0. The standard InChI is InChI=1S/C50H29N5/c1-51-34-22-24-49-43(30-34)44-31-37(54-45-18-7-3-14-39(45)40-15-4-8-19-46(40)54)23-25-50(44)53(49)36-13-11-12-32(27-36)33-26-35(52-2)29-38(28-33)55-47-20-9-5-16-41(47)42-17-6-10-21-48(42)55/h3-31H. The lowest BCUT2D eigenvalue weighted by atomic mass is 10.0. The lowest BCUT2D eigenvalue weighted by Crippen LogP contribution is -1.97. The number of nitrogens with zero attached hydrogens (tertiary/aromatic N) is 5. The number of aromatic nitrogens is 3. The summed E-state index contributed by atoms with van der Waals surface area (Å²) in [7, 11) is 0. The molecule has 0 aliphatic carbocycles. The molecule has 0 aliphatic heterocycles. The van der Waals surface area contributed by atoms with Crippen molar-refractivity contribution in [2.45, 2.75) is 0 Å². The van der Waals surface area contributed by atoms with Crippen LogP contribution in [-0.2, 0) is 0 Å². The van der Waals surface area contributed by atoms with Crippen molar-refractivity contribution in [3.63, 3.8) is 0 Å². The number of para-hydroxylation sites is 4. The first-order valence-electron chi connectivity index (χ1n) is 18.2. The average Bonchev–Trinajstić information content (AvgIpc) is 3.89. The second kappa shape index (κ2) is 11.8. The highest BCUT2D eigenvalue weighted by molar-refractivity contribution is 6.13. The minimum Gasteiger partial charge on any atom is -0.310 e. The van der Waals surface area contributed by atoms with Gasteiger partial charge in [0.05, 0.1) is 46.2 Å². The molecule has 5 heteroatoms. The Labute approximate surface area is 316 Å². The van der Waals surface area contributed by atoms with Crippen molar-refractivity contribution in [2.24, 2.45) is 0 Å². The third kappa shape index (κ3) is 4.58. The van der Waals surface area contributed by atoms with Crippen LogP contribution in [0.3, 0.4) is 0 Å². The zero-order valence-electron chi connectivity index (χ0n) is 29.5. The summed E-state index contributed by atoms with van der Waals surface area (Å²) < 4.78 is 6.90. The van der Waals surface area contributed by atoms with Crippen molar-refractivity contribution in [3.8, 4) is 28.2 Å². The molecule has 0 aliphatic rings. The molecule has 5 nitrogen and oxygen atoms in total. The highest BCUT2D eigenvalue weighted by Gasteiger charge is 2.18. The van der Waals surface area contributed by atoms with Crippen LogP contribution in [-0.4, -0.2) is 13.7 Å². The van der Waals surface area contributed by atoms with Crippen LogP contribution in [0.2, 0.25) is 0 Å². The fourth-order valence-electron chi connectivity index (χ4n) is 8.67. The topological polar surface area (TPSA) is 23.5 Å². The molecule has 0 spiro atoms. The molecule has 0 unspecified atom stereocenters. The Kier molecular flexibility index (Phi) is 6.61. The Hall–Kier alpha value is -7.86. The highest BCUT2D eigenvalue weighted by atomic mass is 15.0. The first kappa shape index (κ1) is 30.7. The van der Waals surface area contributed by atoms with E-state index in [2.05, 4.69) is 175 Å². The van der Waals surface area contributed by atoms with Gasteiger partial charge in [0.25, 0.3) is 0 Å². The molecule has 8 aromatic carbocycles. The van der Waals surface area contributed by atoms with Crippen LogP contribution < -0.4 is 0 Å². The van der Waals surface area contributed by atoms with Crippen molar-refractivity contribution in [2.75, 3.05) is 0 Å². The predicted molar refractivity (Wildman–Crippen MR) is 227 cm³/mol. The van der Waals surface area contributed by atoms with Gasteiger partial charge in [-0.1, -0.05) is 91.0 Å². The van der Waals surface area contributed by atoms with Gasteiger partial charge in [-0.05, 0) is 101 Å². The quantitative estimate of drug-likeness (QED) is 0.163. The molecule has 55 heavy (non-hydrogen) atoms. The molecule has 0 radical (unpaired) electrons. The van der Waals surface area contributed by atoms with E-state index in [9.17, 15) is 0 Å². The minimum absolute atomic E-state index is 0.584.